The van der Waals surface area contributed by atoms with Crippen LogP contribution in [0.15, 0.2) is 42.5 Å². The summed E-state index contributed by atoms with van der Waals surface area (Å²) in [6.07, 6.45) is 0.618. The number of fused-ring (bicyclic) bond motifs is 1. The minimum Gasteiger partial charge on any atom is -0.488 e. The Labute approximate surface area is 217 Å². The molecule has 4 rings (SSSR count). The van der Waals surface area contributed by atoms with Crippen LogP contribution >= 0.6 is 0 Å². The molecule has 1 saturated heterocycles. The van der Waals surface area contributed by atoms with Gasteiger partial charge in [0.25, 0.3) is 0 Å². The molecule has 0 aromatic heterocycles. The number of nitrogens with zero attached hydrogens (tertiary/aromatic N) is 1. The number of nitrogens with one attached hydrogen (secondary N) is 2. The van der Waals surface area contributed by atoms with Gasteiger partial charge in [0, 0.05) is 12.1 Å². The minimum absolute atomic E-state index is 0.0128. The maximum absolute atomic E-state index is 12.7. The van der Waals surface area contributed by atoms with Gasteiger partial charge in [0.2, 0.25) is 5.91 Å². The largest absolute Gasteiger partial charge is 0.488 e. The first-order valence-electron chi connectivity index (χ1n) is 12.7. The summed E-state index contributed by atoms with van der Waals surface area (Å²) in [6.45, 7) is 6.17. The third-order valence-electron chi connectivity index (χ3n) is 6.57. The second-order valence-corrected chi connectivity index (χ2v) is 10.5. The number of rotatable bonds is 8. The van der Waals surface area contributed by atoms with Gasteiger partial charge in [-0.3, -0.25) is 9.69 Å². The van der Waals surface area contributed by atoms with Crippen LogP contribution < -0.4 is 15.4 Å². The van der Waals surface area contributed by atoms with Gasteiger partial charge in [-0.05, 0) is 82.1 Å². The Balaban J connectivity index is 1.54. The first kappa shape index (κ1) is 26.5. The molecular weight excluding hydrogens is 474 g/mol. The molecule has 198 valence electrons. The van der Waals surface area contributed by atoms with Crippen LogP contribution in [-0.2, 0) is 14.3 Å². The van der Waals surface area contributed by atoms with Gasteiger partial charge in [-0.25, -0.2) is 9.59 Å². The molecule has 37 heavy (non-hydrogen) atoms. The molecule has 0 radical (unpaired) electrons. The topological polar surface area (TPSA) is 117 Å². The molecule has 9 nitrogen and oxygen atoms in total. The van der Waals surface area contributed by atoms with E-state index in [-0.39, 0.29) is 24.8 Å². The van der Waals surface area contributed by atoms with Gasteiger partial charge < -0.3 is 25.2 Å². The number of carboxylic acid groups (broad SMARTS) is 1. The Morgan fingerprint density at radius 1 is 1.19 bits per heavy atom. The maximum Gasteiger partial charge on any atom is 0.411 e. The minimum atomic E-state index is -1.09. The van der Waals surface area contributed by atoms with Gasteiger partial charge in [0.1, 0.15) is 23.5 Å². The number of carbonyl (C=O) groups excluding carboxylic acids is 2. The van der Waals surface area contributed by atoms with E-state index in [1.807, 2.05) is 49.5 Å². The summed E-state index contributed by atoms with van der Waals surface area (Å²) >= 11 is 0. The molecule has 0 bridgehead atoms. The van der Waals surface area contributed by atoms with Crippen molar-refractivity contribution in [2.75, 3.05) is 25.5 Å². The van der Waals surface area contributed by atoms with Crippen molar-refractivity contribution in [1.29, 1.82) is 0 Å². The average Bonchev–Trinajstić information content (AvgIpc) is 3.39. The number of hydrogen-bond acceptors (Lipinski definition) is 6. The summed E-state index contributed by atoms with van der Waals surface area (Å²) in [7, 11) is 1.90. The van der Waals surface area contributed by atoms with Crippen LogP contribution in [0.4, 0.5) is 10.5 Å². The van der Waals surface area contributed by atoms with Crippen LogP contribution in [0.3, 0.4) is 0 Å². The highest BCUT2D eigenvalue weighted by Crippen LogP contribution is 2.42. The summed E-state index contributed by atoms with van der Waals surface area (Å²) in [5.41, 5.74) is 2.95. The fourth-order valence-electron chi connectivity index (χ4n) is 4.98. The van der Waals surface area contributed by atoms with Crippen molar-refractivity contribution in [3.63, 3.8) is 0 Å². The quantitative estimate of drug-likeness (QED) is 0.456. The standard InChI is InChI=1S/C28H35N3O6/c1-28(2,3)37-27(35)31-16-19(15-23(31)26(33)34)36-18-9-5-8-17(14-18)20-10-6-12-22-24(20)21(25(32)30-22)11-7-13-29-4/h5-6,8-10,12,14,19,21,23,29H,7,11,13,15-16H2,1-4H3,(H,30,32)(H,33,34). The third kappa shape index (κ3) is 6.05. The van der Waals surface area contributed by atoms with Gasteiger partial charge >= 0.3 is 12.1 Å². The molecule has 0 spiro atoms. The number of amides is 2. The van der Waals surface area contributed by atoms with E-state index in [0.29, 0.717) is 5.75 Å². The molecule has 3 N–H and O–H groups in total. The lowest BCUT2D eigenvalue weighted by Gasteiger charge is -2.26. The summed E-state index contributed by atoms with van der Waals surface area (Å²) < 4.78 is 11.6. The molecule has 2 aromatic rings. The normalized spacial score (nSPS) is 20.9. The van der Waals surface area contributed by atoms with Gasteiger partial charge in [-0.15, -0.1) is 0 Å². The van der Waals surface area contributed by atoms with Gasteiger partial charge in [0.05, 0.1) is 12.5 Å². The van der Waals surface area contributed by atoms with Crippen molar-refractivity contribution < 1.29 is 29.0 Å². The zero-order chi connectivity index (χ0) is 26.7. The number of anilines is 1. The van der Waals surface area contributed by atoms with Crippen LogP contribution in [0, 0.1) is 0 Å². The summed E-state index contributed by atoms with van der Waals surface area (Å²) in [5.74, 6) is -0.733. The van der Waals surface area contributed by atoms with E-state index in [9.17, 15) is 19.5 Å². The number of carbonyl (C=O) groups is 3. The van der Waals surface area contributed by atoms with Crippen molar-refractivity contribution >= 4 is 23.7 Å². The zero-order valence-electron chi connectivity index (χ0n) is 21.7. The number of hydrogen-bond donors (Lipinski definition) is 3. The summed E-state index contributed by atoms with van der Waals surface area (Å²) in [6, 6.07) is 12.4. The van der Waals surface area contributed by atoms with Crippen LogP contribution in [0.2, 0.25) is 0 Å². The highest BCUT2D eigenvalue weighted by atomic mass is 16.6. The number of aliphatic carboxylic acids is 1. The second-order valence-electron chi connectivity index (χ2n) is 10.5. The lowest BCUT2D eigenvalue weighted by Crippen LogP contribution is -2.43. The van der Waals surface area contributed by atoms with E-state index in [4.69, 9.17) is 9.47 Å². The number of benzene rings is 2. The zero-order valence-corrected chi connectivity index (χ0v) is 21.7. The van der Waals surface area contributed by atoms with Gasteiger partial charge in [-0.2, -0.15) is 0 Å². The molecule has 2 aliphatic rings. The molecule has 0 saturated carbocycles. The first-order valence-corrected chi connectivity index (χ1v) is 12.7. The first-order chi connectivity index (χ1) is 17.6. The lowest BCUT2D eigenvalue weighted by molar-refractivity contribution is -0.142. The smallest absolute Gasteiger partial charge is 0.411 e. The Morgan fingerprint density at radius 3 is 2.65 bits per heavy atom. The lowest BCUT2D eigenvalue weighted by atomic mass is 9.88. The van der Waals surface area contributed by atoms with Crippen molar-refractivity contribution in [3.8, 4) is 16.9 Å². The van der Waals surface area contributed by atoms with Crippen LogP contribution in [0.25, 0.3) is 11.1 Å². The highest BCUT2D eigenvalue weighted by molar-refractivity contribution is 6.05. The Bertz CT molecular complexity index is 1170. The summed E-state index contributed by atoms with van der Waals surface area (Å²) in [4.78, 5) is 38.4. The highest BCUT2D eigenvalue weighted by Gasteiger charge is 2.42. The van der Waals surface area contributed by atoms with Crippen molar-refractivity contribution in [2.24, 2.45) is 0 Å². The molecule has 1 fully saturated rings. The molecule has 2 aromatic carbocycles. The van der Waals surface area contributed by atoms with Crippen molar-refractivity contribution in [2.45, 2.75) is 63.7 Å². The SMILES string of the molecule is CNCCCC1C(=O)Nc2cccc(-c3cccc(OC4CC(C(=O)O)N(C(=O)OC(C)(C)C)C4)c3)c21. The average molecular weight is 510 g/mol. The molecular formula is C28H35N3O6. The van der Waals surface area contributed by atoms with E-state index >= 15 is 0 Å². The molecule has 3 atom stereocenters. The fourth-order valence-corrected chi connectivity index (χ4v) is 4.98. The van der Waals surface area contributed by atoms with Crippen LogP contribution in [0.1, 0.15) is 51.5 Å². The van der Waals surface area contributed by atoms with E-state index in [0.717, 1.165) is 41.8 Å². The van der Waals surface area contributed by atoms with E-state index < -0.39 is 29.8 Å². The van der Waals surface area contributed by atoms with Gasteiger partial charge in [-0.1, -0.05) is 24.3 Å². The molecule has 2 amide bonds. The molecule has 9 heteroatoms. The summed E-state index contributed by atoms with van der Waals surface area (Å²) in [5, 5.41) is 15.8. The van der Waals surface area contributed by atoms with Crippen LogP contribution in [0.5, 0.6) is 5.75 Å². The third-order valence-corrected chi connectivity index (χ3v) is 6.57. The Hall–Kier alpha value is -3.59. The Morgan fingerprint density at radius 2 is 1.95 bits per heavy atom. The second kappa shape index (κ2) is 10.8. The molecule has 0 aliphatic carbocycles. The number of carboxylic acids is 1. The van der Waals surface area contributed by atoms with Gasteiger partial charge in [0.15, 0.2) is 0 Å². The predicted molar refractivity (Wildman–Crippen MR) is 140 cm³/mol. The Kier molecular flexibility index (Phi) is 7.73. The van der Waals surface area contributed by atoms with E-state index in [1.54, 1.807) is 20.8 Å². The number of ether oxygens (including phenoxy) is 2. The molecule has 2 heterocycles. The van der Waals surface area contributed by atoms with Crippen molar-refractivity contribution in [1.82, 2.24) is 10.2 Å². The monoisotopic (exact) mass is 509 g/mol. The maximum atomic E-state index is 12.7. The van der Waals surface area contributed by atoms with E-state index in [1.165, 1.54) is 4.90 Å². The molecule has 3 unspecified atom stereocenters. The molecule has 2 aliphatic heterocycles. The number of likely N-dealkylation sites (tertiary alicyclic amines) is 1. The fraction of sp³-hybridized carbons (Fsp3) is 0.464. The van der Waals surface area contributed by atoms with Crippen molar-refractivity contribution in [3.05, 3.63) is 48.0 Å². The van der Waals surface area contributed by atoms with Crippen LogP contribution in [-0.4, -0.2) is 65.9 Å². The predicted octanol–water partition coefficient (Wildman–Crippen LogP) is 4.23. The van der Waals surface area contributed by atoms with E-state index in [2.05, 4.69) is 10.6 Å².